The molecule has 1 fully saturated rings. The lowest BCUT2D eigenvalue weighted by Gasteiger charge is -2.30. The fourth-order valence-corrected chi connectivity index (χ4v) is 6.31. The molecule has 0 bridgehead atoms. The molecular formula is C31H27F2N5O3S. The average Bonchev–Trinajstić information content (AvgIpc) is 3.45. The number of carbonyl (C=O) groups excluding carboxylic acids is 1. The van der Waals surface area contributed by atoms with Gasteiger partial charge in [-0.3, -0.25) is 14.6 Å². The van der Waals surface area contributed by atoms with Crippen molar-refractivity contribution in [1.82, 2.24) is 19.7 Å². The van der Waals surface area contributed by atoms with Gasteiger partial charge in [0.15, 0.2) is 11.6 Å². The molecular weight excluding hydrogens is 560 g/mol. The molecule has 1 aliphatic heterocycles. The van der Waals surface area contributed by atoms with Gasteiger partial charge in [0.25, 0.3) is 11.5 Å². The van der Waals surface area contributed by atoms with Crippen molar-refractivity contribution in [2.24, 2.45) is 0 Å². The Morgan fingerprint density at radius 2 is 1.81 bits per heavy atom. The fourth-order valence-electron chi connectivity index (χ4n) is 5.08. The number of pyridine rings is 1. The van der Waals surface area contributed by atoms with E-state index in [2.05, 4.69) is 33.3 Å². The Kier molecular flexibility index (Phi) is 7.77. The molecule has 42 heavy (non-hydrogen) atoms. The van der Waals surface area contributed by atoms with Crippen LogP contribution in [-0.4, -0.2) is 45.2 Å². The molecule has 11 heteroatoms. The number of nitrogens with zero attached hydrogens (tertiary/aromatic N) is 4. The zero-order valence-corrected chi connectivity index (χ0v) is 23.5. The first-order valence-corrected chi connectivity index (χ1v) is 14.4. The molecule has 1 amide bonds. The first kappa shape index (κ1) is 27.7. The fraction of sp³-hybridized carbons (Fsp3) is 0.226. The number of ether oxygens (including phenoxy) is 1. The molecule has 0 unspecified atom stereocenters. The molecule has 0 spiro atoms. The minimum absolute atomic E-state index is 0.00530. The number of rotatable bonds is 7. The Balaban J connectivity index is 1.18. The Hall–Kier alpha value is -4.48. The number of nitrogens with one attached hydrogen (secondary N) is 1. The highest BCUT2D eigenvalue weighted by molar-refractivity contribution is 7.19. The van der Waals surface area contributed by atoms with Crippen LogP contribution < -0.4 is 15.6 Å². The van der Waals surface area contributed by atoms with Gasteiger partial charge in [-0.2, -0.15) is 9.78 Å². The maximum atomic E-state index is 15.2. The number of halogens is 2. The molecule has 214 valence electrons. The van der Waals surface area contributed by atoms with E-state index in [1.165, 1.54) is 53.5 Å². The molecule has 1 N–H and O–H groups in total. The number of aromatic nitrogens is 3. The van der Waals surface area contributed by atoms with Crippen molar-refractivity contribution in [3.8, 4) is 17.2 Å². The number of thiophene rings is 1. The van der Waals surface area contributed by atoms with E-state index < -0.39 is 23.1 Å². The predicted molar refractivity (Wildman–Crippen MR) is 158 cm³/mol. The van der Waals surface area contributed by atoms with Crippen molar-refractivity contribution < 1.29 is 18.3 Å². The smallest absolute Gasteiger partial charge is 0.284 e. The summed E-state index contributed by atoms with van der Waals surface area (Å²) in [5.41, 5.74) is 0.357. The van der Waals surface area contributed by atoms with Crippen LogP contribution in [0.1, 0.15) is 40.9 Å². The second kappa shape index (κ2) is 11.8. The van der Waals surface area contributed by atoms with E-state index in [0.29, 0.717) is 17.4 Å². The number of likely N-dealkylation sites (tertiary alicyclic amines) is 1. The molecule has 0 atom stereocenters. The lowest BCUT2D eigenvalue weighted by Crippen LogP contribution is -2.32. The van der Waals surface area contributed by atoms with E-state index in [1.807, 2.05) is 0 Å². The van der Waals surface area contributed by atoms with Crippen molar-refractivity contribution in [3.63, 3.8) is 0 Å². The molecule has 4 heterocycles. The van der Waals surface area contributed by atoms with Gasteiger partial charge < -0.3 is 15.0 Å². The molecule has 1 saturated heterocycles. The van der Waals surface area contributed by atoms with Crippen molar-refractivity contribution in [3.05, 3.63) is 105 Å². The minimum Gasteiger partial charge on any atom is -0.453 e. The predicted octanol–water partition coefficient (Wildman–Crippen LogP) is 6.36. The molecule has 2 aromatic carbocycles. The summed E-state index contributed by atoms with van der Waals surface area (Å²) in [6.07, 6.45) is 5.13. The third-order valence-electron chi connectivity index (χ3n) is 7.40. The zero-order chi connectivity index (χ0) is 29.2. The molecule has 6 rings (SSSR count). The van der Waals surface area contributed by atoms with Crippen molar-refractivity contribution in [1.29, 1.82) is 0 Å². The number of hydrogen-bond acceptors (Lipinski definition) is 7. The van der Waals surface area contributed by atoms with Crippen molar-refractivity contribution in [2.75, 3.05) is 25.0 Å². The Morgan fingerprint density at radius 3 is 2.55 bits per heavy atom. The summed E-state index contributed by atoms with van der Waals surface area (Å²) in [5.74, 6) is -0.908. The van der Waals surface area contributed by atoms with Gasteiger partial charge in [0.2, 0.25) is 0 Å². The van der Waals surface area contributed by atoms with Gasteiger partial charge in [-0.1, -0.05) is 6.92 Å². The Morgan fingerprint density at radius 1 is 1.02 bits per heavy atom. The van der Waals surface area contributed by atoms with Gasteiger partial charge in [-0.05, 0) is 86.9 Å². The standard InChI is InChI=1S/C31H27F2N5O3S/c1-2-37-15-11-19(12-16-37)28-18-25-29(42-28)27(10-13-34-25)41-26-8-5-21(17-24(26)33)36-30(39)23-9-14-35-38(31(23)40)22-6-3-20(32)4-7-22/h3-10,13-14,17-19H,2,11-12,15-16H2,1H3,(H,36,39). The SMILES string of the molecule is CCN1CCC(c2cc3nccc(Oc4ccc(NC(=O)c5ccnn(-c6ccc(F)cc6)c5=O)cc4F)c3s2)CC1. The molecule has 3 aromatic heterocycles. The van der Waals surface area contributed by atoms with Crippen LogP contribution in [0.25, 0.3) is 15.9 Å². The van der Waals surface area contributed by atoms with E-state index in [9.17, 15) is 14.0 Å². The van der Waals surface area contributed by atoms with Crippen LogP contribution in [0.2, 0.25) is 0 Å². The van der Waals surface area contributed by atoms with Gasteiger partial charge in [-0.15, -0.1) is 11.3 Å². The van der Waals surface area contributed by atoms with E-state index in [4.69, 9.17) is 4.74 Å². The zero-order valence-electron chi connectivity index (χ0n) is 22.7. The minimum atomic E-state index is -0.738. The lowest BCUT2D eigenvalue weighted by atomic mass is 9.95. The van der Waals surface area contributed by atoms with Crippen LogP contribution in [0.4, 0.5) is 14.5 Å². The second-order valence-electron chi connectivity index (χ2n) is 10.0. The van der Waals surface area contributed by atoms with Gasteiger partial charge in [0.1, 0.15) is 17.1 Å². The second-order valence-corrected chi connectivity index (χ2v) is 11.1. The van der Waals surface area contributed by atoms with Gasteiger partial charge in [0.05, 0.1) is 15.9 Å². The van der Waals surface area contributed by atoms with Gasteiger partial charge in [0, 0.05) is 35.1 Å². The van der Waals surface area contributed by atoms with Crippen LogP contribution in [0, 0.1) is 11.6 Å². The molecule has 1 aliphatic rings. The number of benzene rings is 2. The van der Waals surface area contributed by atoms with E-state index in [1.54, 1.807) is 23.6 Å². The largest absolute Gasteiger partial charge is 0.453 e. The topological polar surface area (TPSA) is 89.3 Å². The van der Waals surface area contributed by atoms with E-state index >= 15 is 4.39 Å². The van der Waals surface area contributed by atoms with Crippen molar-refractivity contribution in [2.45, 2.75) is 25.7 Å². The van der Waals surface area contributed by atoms with Gasteiger partial charge >= 0.3 is 0 Å². The van der Waals surface area contributed by atoms with Crippen LogP contribution >= 0.6 is 11.3 Å². The normalized spacial score (nSPS) is 14.3. The summed E-state index contributed by atoms with van der Waals surface area (Å²) in [4.78, 5) is 34.0. The summed E-state index contributed by atoms with van der Waals surface area (Å²) in [6, 6.07) is 14.3. The molecule has 0 aliphatic carbocycles. The van der Waals surface area contributed by atoms with Crippen molar-refractivity contribution >= 4 is 33.1 Å². The quantitative estimate of drug-likeness (QED) is 0.238. The Bertz CT molecular complexity index is 1810. The number of piperidine rings is 1. The van der Waals surface area contributed by atoms with Gasteiger partial charge in [-0.25, -0.2) is 8.78 Å². The summed E-state index contributed by atoms with van der Waals surface area (Å²) in [5, 5.41) is 6.52. The number of hydrogen-bond donors (Lipinski definition) is 1. The first-order chi connectivity index (χ1) is 20.4. The van der Waals surface area contributed by atoms with Crippen LogP contribution in [0.5, 0.6) is 11.5 Å². The third kappa shape index (κ3) is 5.65. The third-order valence-corrected chi connectivity index (χ3v) is 8.70. The molecule has 0 radical (unpaired) electrons. The molecule has 8 nitrogen and oxygen atoms in total. The van der Waals surface area contributed by atoms with E-state index in [0.717, 1.165) is 53.4 Å². The highest BCUT2D eigenvalue weighted by Crippen LogP contribution is 2.41. The number of fused-ring (bicyclic) bond motifs is 1. The number of carbonyl (C=O) groups is 1. The maximum Gasteiger partial charge on any atom is 0.284 e. The van der Waals surface area contributed by atoms with E-state index in [-0.39, 0.29) is 17.0 Å². The summed E-state index contributed by atoms with van der Waals surface area (Å²) < 4.78 is 36.3. The number of amides is 1. The summed E-state index contributed by atoms with van der Waals surface area (Å²) >= 11 is 1.63. The highest BCUT2D eigenvalue weighted by Gasteiger charge is 2.23. The maximum absolute atomic E-state index is 15.2. The van der Waals surface area contributed by atoms with Crippen LogP contribution in [0.15, 0.2) is 77.9 Å². The summed E-state index contributed by atoms with van der Waals surface area (Å²) in [6.45, 7) is 5.40. The molecule has 5 aromatic rings. The average molecular weight is 588 g/mol. The highest BCUT2D eigenvalue weighted by atomic mass is 32.1. The van der Waals surface area contributed by atoms with Crippen LogP contribution in [0.3, 0.4) is 0 Å². The monoisotopic (exact) mass is 587 g/mol. The summed E-state index contributed by atoms with van der Waals surface area (Å²) in [7, 11) is 0. The van der Waals surface area contributed by atoms with Crippen LogP contribution in [-0.2, 0) is 0 Å². The Labute approximate surface area is 244 Å². The number of anilines is 1. The molecule has 0 saturated carbocycles. The lowest BCUT2D eigenvalue weighted by molar-refractivity contribution is 0.102. The first-order valence-electron chi connectivity index (χ1n) is 13.6.